The van der Waals surface area contributed by atoms with Gasteiger partial charge in [0, 0.05) is 13.1 Å². The lowest BCUT2D eigenvalue weighted by atomic mass is 9.99. The molecule has 0 spiro atoms. The van der Waals surface area contributed by atoms with Crippen molar-refractivity contribution in [1.29, 1.82) is 0 Å². The number of rotatable bonds is 3. The zero-order valence-corrected chi connectivity index (χ0v) is 13.7. The molecule has 6 heteroatoms. The Morgan fingerprint density at radius 3 is 2.87 bits per heavy atom. The van der Waals surface area contributed by atoms with Crippen LogP contribution in [0.4, 0.5) is 0 Å². The molecule has 3 rings (SSSR count). The topological polar surface area (TPSA) is 66.2 Å². The Hall–Kier alpha value is -1.37. The van der Waals surface area contributed by atoms with Gasteiger partial charge in [-0.25, -0.2) is 0 Å². The van der Waals surface area contributed by atoms with E-state index in [-0.39, 0.29) is 12.5 Å². The average molecular weight is 322 g/mol. The van der Waals surface area contributed by atoms with Crippen molar-refractivity contribution in [3.8, 4) is 0 Å². The van der Waals surface area contributed by atoms with Gasteiger partial charge in [0.05, 0.1) is 25.9 Å². The lowest BCUT2D eigenvalue weighted by Crippen LogP contribution is -2.37. The highest BCUT2D eigenvalue weighted by atomic mass is 16.5. The number of furan rings is 1. The van der Waals surface area contributed by atoms with Gasteiger partial charge in [-0.2, -0.15) is 0 Å². The monoisotopic (exact) mass is 322 g/mol. The molecule has 1 atom stereocenters. The number of hydrogen-bond acceptors (Lipinski definition) is 5. The summed E-state index contributed by atoms with van der Waals surface area (Å²) in [6.07, 6.45) is 1.81. The Kier molecular flexibility index (Phi) is 5.35. The van der Waals surface area contributed by atoms with Crippen molar-refractivity contribution in [3.05, 3.63) is 23.7 Å². The van der Waals surface area contributed by atoms with Crippen molar-refractivity contribution in [2.45, 2.75) is 32.4 Å². The van der Waals surface area contributed by atoms with E-state index in [2.05, 4.69) is 11.8 Å². The van der Waals surface area contributed by atoms with Crippen LogP contribution in [0.25, 0.3) is 0 Å². The van der Waals surface area contributed by atoms with Gasteiger partial charge in [-0.05, 0) is 44.0 Å². The summed E-state index contributed by atoms with van der Waals surface area (Å²) in [6.45, 7) is 6.71. The molecule has 0 radical (unpaired) electrons. The average Bonchev–Trinajstić information content (AvgIpc) is 2.89. The molecule has 0 saturated carbocycles. The summed E-state index contributed by atoms with van der Waals surface area (Å²) >= 11 is 0. The number of hydrogen-bond donors (Lipinski definition) is 1. The van der Waals surface area contributed by atoms with E-state index >= 15 is 0 Å². The minimum absolute atomic E-state index is 0.173. The van der Waals surface area contributed by atoms with Crippen molar-refractivity contribution in [1.82, 2.24) is 9.80 Å². The van der Waals surface area contributed by atoms with Crippen LogP contribution in [0.1, 0.15) is 36.1 Å². The van der Waals surface area contributed by atoms with Crippen molar-refractivity contribution < 1.29 is 19.1 Å². The lowest BCUT2D eigenvalue weighted by Gasteiger charge is -2.29. The molecule has 1 amide bonds. The van der Waals surface area contributed by atoms with E-state index in [1.807, 2.05) is 6.07 Å². The third kappa shape index (κ3) is 4.34. The van der Waals surface area contributed by atoms with E-state index in [9.17, 15) is 9.90 Å². The number of piperidine rings is 1. The first-order valence-electron chi connectivity index (χ1n) is 8.48. The molecule has 2 fully saturated rings. The molecule has 1 aromatic heterocycles. The minimum Gasteiger partial charge on any atom is -0.455 e. The van der Waals surface area contributed by atoms with Crippen LogP contribution in [0.2, 0.25) is 0 Å². The first kappa shape index (κ1) is 16.5. The van der Waals surface area contributed by atoms with Gasteiger partial charge in [0.25, 0.3) is 5.91 Å². The maximum Gasteiger partial charge on any atom is 0.289 e. The number of amides is 1. The predicted molar refractivity (Wildman–Crippen MR) is 85.1 cm³/mol. The van der Waals surface area contributed by atoms with Crippen molar-refractivity contribution in [2.75, 3.05) is 39.4 Å². The number of aliphatic hydroxyl groups is 1. The maximum absolute atomic E-state index is 12.5. The Labute approximate surface area is 137 Å². The number of carbonyl (C=O) groups is 1. The molecule has 0 aromatic carbocycles. The highest BCUT2D eigenvalue weighted by Crippen LogP contribution is 2.19. The molecule has 23 heavy (non-hydrogen) atoms. The number of β-amino-alcohol motifs (C(OH)–C–C–N with tert-alkyl or cyclic N) is 1. The summed E-state index contributed by atoms with van der Waals surface area (Å²) in [5.74, 6) is 1.80. The van der Waals surface area contributed by atoms with Crippen molar-refractivity contribution >= 4 is 5.91 Å². The van der Waals surface area contributed by atoms with Gasteiger partial charge < -0.3 is 19.2 Å². The number of aliphatic hydroxyl groups excluding tert-OH is 1. The van der Waals surface area contributed by atoms with Gasteiger partial charge in [-0.15, -0.1) is 0 Å². The Bertz CT molecular complexity index is 522. The van der Waals surface area contributed by atoms with E-state index in [0.717, 1.165) is 31.3 Å². The highest BCUT2D eigenvalue weighted by molar-refractivity contribution is 5.91. The Morgan fingerprint density at radius 2 is 2.09 bits per heavy atom. The summed E-state index contributed by atoms with van der Waals surface area (Å²) < 4.78 is 11.0. The van der Waals surface area contributed by atoms with Crippen LogP contribution in [-0.2, 0) is 11.3 Å². The molecular formula is C17H26N2O4. The summed E-state index contributed by atoms with van der Waals surface area (Å²) in [5, 5.41) is 9.74. The second-order valence-electron chi connectivity index (χ2n) is 6.70. The van der Waals surface area contributed by atoms with Crippen LogP contribution >= 0.6 is 0 Å². The molecule has 2 saturated heterocycles. The van der Waals surface area contributed by atoms with Crippen molar-refractivity contribution in [3.63, 3.8) is 0 Å². The predicted octanol–water partition coefficient (Wildman–Crippen LogP) is 1.34. The maximum atomic E-state index is 12.5. The second-order valence-corrected chi connectivity index (χ2v) is 6.70. The molecule has 3 heterocycles. The zero-order chi connectivity index (χ0) is 16.2. The molecule has 2 aliphatic heterocycles. The fraction of sp³-hybridized carbons (Fsp3) is 0.706. The third-order valence-corrected chi connectivity index (χ3v) is 4.66. The summed E-state index contributed by atoms with van der Waals surface area (Å²) in [5.41, 5.74) is 0. The van der Waals surface area contributed by atoms with E-state index in [0.29, 0.717) is 25.5 Å². The standard InChI is InChI=1S/C17H26N2O4/c1-13-4-6-18(7-5-13)11-15-2-3-16(23-15)17(21)19-8-9-22-12-14(20)10-19/h2-3,13-14,20H,4-12H2,1H3/t14-/m1/s1. The Morgan fingerprint density at radius 1 is 1.30 bits per heavy atom. The largest absolute Gasteiger partial charge is 0.455 e. The number of carbonyl (C=O) groups excluding carboxylic acids is 1. The minimum atomic E-state index is -0.633. The van der Waals surface area contributed by atoms with Gasteiger partial charge in [0.1, 0.15) is 5.76 Å². The number of likely N-dealkylation sites (tertiary alicyclic amines) is 1. The van der Waals surface area contributed by atoms with E-state index < -0.39 is 6.10 Å². The first-order chi connectivity index (χ1) is 11.1. The second kappa shape index (κ2) is 7.47. The van der Waals surface area contributed by atoms with Crippen molar-refractivity contribution in [2.24, 2.45) is 5.92 Å². The third-order valence-electron chi connectivity index (χ3n) is 4.66. The molecule has 2 aliphatic rings. The molecule has 0 bridgehead atoms. The molecule has 128 valence electrons. The van der Waals surface area contributed by atoms with Gasteiger partial charge in [0.2, 0.25) is 0 Å². The van der Waals surface area contributed by atoms with Gasteiger partial charge in [-0.1, -0.05) is 6.92 Å². The van der Waals surface area contributed by atoms with E-state index in [1.54, 1.807) is 11.0 Å². The molecule has 0 aliphatic carbocycles. The van der Waals surface area contributed by atoms with Crippen LogP contribution in [0.5, 0.6) is 0 Å². The smallest absolute Gasteiger partial charge is 0.289 e. The molecule has 6 nitrogen and oxygen atoms in total. The van der Waals surface area contributed by atoms with Crippen LogP contribution in [-0.4, -0.2) is 66.3 Å². The lowest BCUT2D eigenvalue weighted by molar-refractivity contribution is 0.0524. The van der Waals surface area contributed by atoms with Crippen LogP contribution in [0.15, 0.2) is 16.5 Å². The zero-order valence-electron chi connectivity index (χ0n) is 13.7. The molecule has 0 unspecified atom stereocenters. The van der Waals surface area contributed by atoms with Gasteiger partial charge in [0.15, 0.2) is 5.76 Å². The van der Waals surface area contributed by atoms with Crippen LogP contribution in [0.3, 0.4) is 0 Å². The fourth-order valence-electron chi connectivity index (χ4n) is 3.15. The summed E-state index contributed by atoms with van der Waals surface area (Å²) in [7, 11) is 0. The molecule has 1 aromatic rings. The van der Waals surface area contributed by atoms with E-state index in [1.165, 1.54) is 12.8 Å². The van der Waals surface area contributed by atoms with Crippen LogP contribution in [0, 0.1) is 5.92 Å². The normalized spacial score (nSPS) is 24.6. The Balaban J connectivity index is 1.58. The fourth-order valence-corrected chi connectivity index (χ4v) is 3.15. The van der Waals surface area contributed by atoms with Gasteiger partial charge >= 0.3 is 0 Å². The molecule has 1 N–H and O–H groups in total. The summed E-state index contributed by atoms with van der Waals surface area (Å²) in [4.78, 5) is 16.5. The summed E-state index contributed by atoms with van der Waals surface area (Å²) in [6, 6.07) is 3.62. The molecular weight excluding hydrogens is 296 g/mol. The number of nitrogens with zero attached hydrogens (tertiary/aromatic N) is 2. The van der Waals surface area contributed by atoms with Gasteiger partial charge in [-0.3, -0.25) is 9.69 Å². The van der Waals surface area contributed by atoms with E-state index in [4.69, 9.17) is 9.15 Å². The highest BCUT2D eigenvalue weighted by Gasteiger charge is 2.24. The quantitative estimate of drug-likeness (QED) is 0.910. The SMILES string of the molecule is CC1CCN(Cc2ccc(C(=O)N3CCOC[C@H](O)C3)o2)CC1. The first-order valence-corrected chi connectivity index (χ1v) is 8.48. The number of ether oxygens (including phenoxy) is 1. The van der Waals surface area contributed by atoms with Crippen LogP contribution < -0.4 is 0 Å².